The normalized spacial score (nSPS) is 16.1. The lowest BCUT2D eigenvalue weighted by Gasteiger charge is -2.30. The van der Waals surface area contributed by atoms with E-state index in [0.29, 0.717) is 13.0 Å². The lowest BCUT2D eigenvalue weighted by Crippen LogP contribution is -2.48. The summed E-state index contributed by atoms with van der Waals surface area (Å²) in [4.78, 5) is 4.42. The molecular weight excluding hydrogens is 413 g/mol. The van der Waals surface area contributed by atoms with Crippen LogP contribution in [0.15, 0.2) is 65.7 Å². The van der Waals surface area contributed by atoms with Crippen LogP contribution < -0.4 is 10.6 Å². The van der Waals surface area contributed by atoms with Gasteiger partial charge in [0.05, 0.1) is 6.54 Å². The molecular formula is C19H24IN3O. The zero-order valence-corrected chi connectivity index (χ0v) is 15.9. The van der Waals surface area contributed by atoms with Crippen molar-refractivity contribution in [3.05, 3.63) is 71.8 Å². The van der Waals surface area contributed by atoms with Gasteiger partial charge < -0.3 is 15.7 Å². The maximum Gasteiger partial charge on any atom is 0.191 e. The molecule has 0 saturated carbocycles. The molecule has 128 valence electrons. The van der Waals surface area contributed by atoms with Crippen LogP contribution in [0.4, 0.5) is 0 Å². The van der Waals surface area contributed by atoms with E-state index in [9.17, 15) is 5.11 Å². The van der Waals surface area contributed by atoms with E-state index in [1.807, 2.05) is 60.7 Å². The number of benzene rings is 2. The molecule has 4 nitrogen and oxygen atoms in total. The number of nitrogens with zero attached hydrogens (tertiary/aromatic N) is 1. The van der Waals surface area contributed by atoms with Gasteiger partial charge in [0.15, 0.2) is 5.96 Å². The number of nitrogens with one attached hydrogen (secondary N) is 2. The van der Waals surface area contributed by atoms with Crippen LogP contribution in [0.5, 0.6) is 0 Å². The summed E-state index contributed by atoms with van der Waals surface area (Å²) in [5.41, 5.74) is 1.04. The zero-order chi connectivity index (χ0) is 16.0. The predicted molar refractivity (Wildman–Crippen MR) is 109 cm³/mol. The summed E-state index contributed by atoms with van der Waals surface area (Å²) in [6, 6.07) is 19.9. The Morgan fingerprint density at radius 1 is 1.04 bits per heavy atom. The topological polar surface area (TPSA) is 56.6 Å². The molecule has 1 unspecified atom stereocenters. The minimum Gasteiger partial charge on any atom is -0.383 e. The van der Waals surface area contributed by atoms with Crippen molar-refractivity contribution in [2.45, 2.75) is 18.4 Å². The van der Waals surface area contributed by atoms with E-state index < -0.39 is 5.60 Å². The molecule has 1 aliphatic rings. The summed E-state index contributed by atoms with van der Waals surface area (Å²) >= 11 is 0. The number of halogens is 1. The maximum absolute atomic E-state index is 11.3. The van der Waals surface area contributed by atoms with Gasteiger partial charge in [-0.1, -0.05) is 60.7 Å². The van der Waals surface area contributed by atoms with Crippen molar-refractivity contribution in [2.24, 2.45) is 4.99 Å². The summed E-state index contributed by atoms with van der Waals surface area (Å²) in [6.07, 6.45) is 1.61. The van der Waals surface area contributed by atoms with Gasteiger partial charge >= 0.3 is 0 Å². The quantitative estimate of drug-likeness (QED) is 0.631. The minimum atomic E-state index is -0.982. The molecule has 5 heteroatoms. The molecule has 0 amide bonds. The van der Waals surface area contributed by atoms with Crippen LogP contribution in [0, 0.1) is 0 Å². The Bertz CT molecular complexity index is 648. The third-order valence-electron chi connectivity index (χ3n) is 4.10. The molecule has 2 aromatic rings. The summed E-state index contributed by atoms with van der Waals surface area (Å²) in [6.45, 7) is 2.17. The molecule has 0 bridgehead atoms. The molecule has 1 heterocycles. The van der Waals surface area contributed by atoms with Crippen molar-refractivity contribution in [2.75, 3.05) is 19.6 Å². The van der Waals surface area contributed by atoms with Crippen molar-refractivity contribution in [1.29, 1.82) is 0 Å². The molecule has 0 aromatic heterocycles. The average molecular weight is 437 g/mol. The van der Waals surface area contributed by atoms with Crippen LogP contribution in [-0.4, -0.2) is 30.7 Å². The minimum absolute atomic E-state index is 0. The van der Waals surface area contributed by atoms with Crippen molar-refractivity contribution >= 4 is 29.9 Å². The first kappa shape index (κ1) is 18.7. The van der Waals surface area contributed by atoms with Gasteiger partial charge in [-0.15, -0.1) is 24.0 Å². The molecule has 0 aliphatic carbocycles. The Labute approximate surface area is 160 Å². The number of guanidine groups is 1. The van der Waals surface area contributed by atoms with Gasteiger partial charge in [-0.05, 0) is 17.5 Å². The van der Waals surface area contributed by atoms with Gasteiger partial charge in [0, 0.05) is 19.5 Å². The Hall–Kier alpha value is -1.60. The van der Waals surface area contributed by atoms with Gasteiger partial charge in [-0.25, -0.2) is 0 Å². The highest BCUT2D eigenvalue weighted by atomic mass is 127. The lowest BCUT2D eigenvalue weighted by atomic mass is 9.87. The molecule has 24 heavy (non-hydrogen) atoms. The second-order valence-corrected chi connectivity index (χ2v) is 5.92. The molecule has 3 N–H and O–H groups in total. The van der Waals surface area contributed by atoms with Crippen molar-refractivity contribution < 1.29 is 5.11 Å². The molecule has 3 rings (SSSR count). The molecule has 0 saturated heterocycles. The molecule has 0 radical (unpaired) electrons. The van der Waals surface area contributed by atoms with Crippen LogP contribution in [0.25, 0.3) is 0 Å². The summed E-state index contributed by atoms with van der Waals surface area (Å²) < 4.78 is 0. The van der Waals surface area contributed by atoms with Crippen molar-refractivity contribution in [3.8, 4) is 0 Å². The van der Waals surface area contributed by atoms with Gasteiger partial charge in [-0.2, -0.15) is 0 Å². The maximum atomic E-state index is 11.3. The number of aliphatic hydroxyl groups is 1. The highest BCUT2D eigenvalue weighted by Crippen LogP contribution is 2.25. The zero-order valence-electron chi connectivity index (χ0n) is 13.6. The second-order valence-electron chi connectivity index (χ2n) is 5.92. The average Bonchev–Trinajstić information content (AvgIpc) is 2.63. The van der Waals surface area contributed by atoms with Crippen LogP contribution in [-0.2, 0) is 12.0 Å². The third-order valence-corrected chi connectivity index (χ3v) is 4.10. The number of aliphatic imine (C=N–C) groups is 1. The Morgan fingerprint density at radius 2 is 1.71 bits per heavy atom. The molecule has 0 spiro atoms. The van der Waals surface area contributed by atoms with E-state index in [-0.39, 0.29) is 24.0 Å². The first-order chi connectivity index (χ1) is 11.3. The standard InChI is InChI=1S/C19H23N3O.HI/c23-19(17-10-5-2-6-11-17,14-16-8-3-1-4-9-16)15-22-18-20-12-7-13-21-18;/h1-6,8-11,23H,7,12-15H2,(H2,20,21,22);1H. The monoisotopic (exact) mass is 437 g/mol. The van der Waals surface area contributed by atoms with Crippen molar-refractivity contribution in [3.63, 3.8) is 0 Å². The first-order valence-electron chi connectivity index (χ1n) is 8.10. The van der Waals surface area contributed by atoms with E-state index in [2.05, 4.69) is 15.6 Å². The van der Waals surface area contributed by atoms with Gasteiger partial charge in [-0.3, -0.25) is 4.99 Å². The Kier molecular flexibility index (Phi) is 7.05. The van der Waals surface area contributed by atoms with Crippen LogP contribution in [0.2, 0.25) is 0 Å². The fourth-order valence-corrected chi connectivity index (χ4v) is 2.83. The molecule has 0 fully saturated rings. The number of hydrogen-bond donors (Lipinski definition) is 3. The fraction of sp³-hybridized carbons (Fsp3) is 0.316. The van der Waals surface area contributed by atoms with E-state index in [1.54, 1.807) is 0 Å². The second kappa shape index (κ2) is 9.03. The van der Waals surface area contributed by atoms with E-state index in [4.69, 9.17) is 0 Å². The largest absolute Gasteiger partial charge is 0.383 e. The van der Waals surface area contributed by atoms with Gasteiger partial charge in [0.25, 0.3) is 0 Å². The third kappa shape index (κ3) is 4.95. The Balaban J connectivity index is 0.00000208. The SMILES string of the molecule is I.OC(CNC1=NCCCN1)(Cc1ccccc1)c1ccccc1. The lowest BCUT2D eigenvalue weighted by molar-refractivity contribution is 0.0413. The van der Waals surface area contributed by atoms with Crippen LogP contribution >= 0.6 is 24.0 Å². The van der Waals surface area contributed by atoms with E-state index in [0.717, 1.165) is 36.6 Å². The number of hydrogen-bond acceptors (Lipinski definition) is 4. The van der Waals surface area contributed by atoms with Crippen LogP contribution in [0.3, 0.4) is 0 Å². The first-order valence-corrected chi connectivity index (χ1v) is 8.10. The van der Waals surface area contributed by atoms with Crippen LogP contribution in [0.1, 0.15) is 17.5 Å². The fourth-order valence-electron chi connectivity index (χ4n) is 2.83. The Morgan fingerprint density at radius 3 is 2.33 bits per heavy atom. The van der Waals surface area contributed by atoms with Gasteiger partial charge in [0.2, 0.25) is 0 Å². The summed E-state index contributed by atoms with van der Waals surface area (Å²) in [5.74, 6) is 0.777. The predicted octanol–water partition coefficient (Wildman–Crippen LogP) is 2.67. The molecule has 2 aromatic carbocycles. The highest BCUT2D eigenvalue weighted by molar-refractivity contribution is 14.0. The number of rotatable bonds is 5. The highest BCUT2D eigenvalue weighted by Gasteiger charge is 2.30. The van der Waals surface area contributed by atoms with Gasteiger partial charge in [0.1, 0.15) is 5.60 Å². The smallest absolute Gasteiger partial charge is 0.191 e. The van der Waals surface area contributed by atoms with E-state index >= 15 is 0 Å². The summed E-state index contributed by atoms with van der Waals surface area (Å²) in [7, 11) is 0. The summed E-state index contributed by atoms with van der Waals surface area (Å²) in [5, 5.41) is 17.8. The molecule has 1 aliphatic heterocycles. The van der Waals surface area contributed by atoms with E-state index in [1.165, 1.54) is 0 Å². The molecule has 1 atom stereocenters. The van der Waals surface area contributed by atoms with Crippen molar-refractivity contribution in [1.82, 2.24) is 10.6 Å².